The lowest BCUT2D eigenvalue weighted by Gasteiger charge is -2.45. The Morgan fingerprint density at radius 3 is 1.40 bits per heavy atom. The van der Waals surface area contributed by atoms with Crippen LogP contribution in [0.3, 0.4) is 0 Å². The molecule has 1 N–H and O–H groups in total. The Morgan fingerprint density at radius 2 is 0.893 bits per heavy atom. The molecule has 9 rings (SSSR count). The van der Waals surface area contributed by atoms with Crippen molar-refractivity contribution in [2.24, 2.45) is 0 Å². The van der Waals surface area contributed by atoms with Crippen LogP contribution in [0.2, 0.25) is 0 Å². The molecule has 1 aliphatic heterocycles. The van der Waals surface area contributed by atoms with Gasteiger partial charge in [0.05, 0.1) is 28.4 Å². The van der Waals surface area contributed by atoms with Gasteiger partial charge in [-0.15, -0.1) is 0 Å². The van der Waals surface area contributed by atoms with Crippen molar-refractivity contribution in [3.63, 3.8) is 0 Å². The van der Waals surface area contributed by atoms with E-state index >= 15 is 0 Å². The molecule has 7 atom stereocenters. The lowest BCUT2D eigenvalue weighted by atomic mass is 9.97. The number of rotatable bonds is 18. The van der Waals surface area contributed by atoms with Crippen molar-refractivity contribution in [3.05, 3.63) is 239 Å². The summed E-state index contributed by atoms with van der Waals surface area (Å²) >= 11 is 0. The molecular weight excluding hydrogens is 959 g/mol. The van der Waals surface area contributed by atoms with Gasteiger partial charge in [-0.05, 0) is 83.3 Å². The van der Waals surface area contributed by atoms with E-state index in [0.29, 0.717) is 5.56 Å². The van der Waals surface area contributed by atoms with E-state index in [9.17, 15) is 28.8 Å². The van der Waals surface area contributed by atoms with E-state index in [-0.39, 0.29) is 41.4 Å². The molecule has 15 nitrogen and oxygen atoms in total. The van der Waals surface area contributed by atoms with Crippen LogP contribution >= 0.6 is 0 Å². The molecule has 0 radical (unpaired) electrons. The Morgan fingerprint density at radius 1 is 0.467 bits per heavy atom. The molecule has 0 aromatic heterocycles. The average molecular weight is 1010 g/mol. The molecule has 75 heavy (non-hydrogen) atoms. The number of carbonyl (C=O) groups is 6. The third-order valence-corrected chi connectivity index (χ3v) is 12.7. The summed E-state index contributed by atoms with van der Waals surface area (Å²) in [6.07, 6.45) is -11.0. The standard InChI is InChI=1S/C60H51NO14/c1-38(50(58(66)68-35-39-21-7-2-8-22-39)61-60(67)70-36-48-46-33-19-17-31-44(46)45-32-18-20-34-47(45)48)71-59-53(75-57(65)43-29-15-6-16-30-43)52(74-56(64)42-27-13-5-14-28-42)51(73-55(63)41-25-11-4-12-26-41)49(72-59)37-69-54(62)40-23-9-3-10-24-40/h2-34,38,48-53,59H,35-37H2,1H3,(H,61,67)/t38-,49-,50+,51-,52+,53-,59-/m1/s1. The minimum atomic E-state index is -1.82. The van der Waals surface area contributed by atoms with E-state index in [1.54, 1.807) is 103 Å². The van der Waals surface area contributed by atoms with Crippen molar-refractivity contribution >= 4 is 35.9 Å². The first kappa shape index (κ1) is 51.0. The molecule has 1 saturated heterocycles. The number of ether oxygens (including phenoxy) is 8. The quantitative estimate of drug-likeness (QED) is 0.0633. The molecule has 7 aromatic rings. The molecule has 1 amide bonds. The molecule has 7 aromatic carbocycles. The Balaban J connectivity index is 1.06. The van der Waals surface area contributed by atoms with Crippen molar-refractivity contribution in [1.82, 2.24) is 5.32 Å². The van der Waals surface area contributed by atoms with Gasteiger partial charge in [0.25, 0.3) is 0 Å². The average Bonchev–Trinajstić information content (AvgIpc) is 3.80. The number of amides is 1. The molecule has 380 valence electrons. The number of hydrogen-bond donors (Lipinski definition) is 1. The highest BCUT2D eigenvalue weighted by atomic mass is 16.7. The molecule has 0 unspecified atom stereocenters. The van der Waals surface area contributed by atoms with Gasteiger partial charge in [-0.1, -0.05) is 152 Å². The van der Waals surface area contributed by atoms with Gasteiger partial charge in [0.15, 0.2) is 30.6 Å². The fourth-order valence-electron chi connectivity index (χ4n) is 8.88. The summed E-state index contributed by atoms with van der Waals surface area (Å²) in [5, 5.41) is 2.64. The van der Waals surface area contributed by atoms with Crippen LogP contribution in [0.1, 0.15) is 71.0 Å². The number of hydrogen-bond acceptors (Lipinski definition) is 14. The van der Waals surface area contributed by atoms with E-state index in [2.05, 4.69) is 5.32 Å². The Labute approximate surface area is 432 Å². The predicted molar refractivity (Wildman–Crippen MR) is 271 cm³/mol. The van der Waals surface area contributed by atoms with Gasteiger partial charge in [0, 0.05) is 5.92 Å². The van der Waals surface area contributed by atoms with E-state index in [1.165, 1.54) is 55.5 Å². The molecule has 0 bridgehead atoms. The number of carbonyl (C=O) groups excluding carboxylic acids is 6. The molecule has 1 heterocycles. The van der Waals surface area contributed by atoms with Crippen LogP contribution in [0.5, 0.6) is 0 Å². The number of esters is 5. The molecular formula is C60H51NO14. The normalized spacial score (nSPS) is 18.4. The van der Waals surface area contributed by atoms with Gasteiger partial charge in [-0.3, -0.25) is 0 Å². The molecule has 0 spiro atoms. The van der Waals surface area contributed by atoms with Crippen molar-refractivity contribution in [2.45, 2.75) is 62.3 Å². The predicted octanol–water partition coefficient (Wildman–Crippen LogP) is 9.30. The third-order valence-electron chi connectivity index (χ3n) is 12.7. The second-order valence-corrected chi connectivity index (χ2v) is 17.6. The Hall–Kier alpha value is -8.92. The van der Waals surface area contributed by atoms with E-state index in [0.717, 1.165) is 22.3 Å². The van der Waals surface area contributed by atoms with Crippen molar-refractivity contribution in [2.75, 3.05) is 13.2 Å². The topological polar surface area (TPSA) is 188 Å². The second-order valence-electron chi connectivity index (χ2n) is 17.6. The molecule has 0 saturated carbocycles. The highest BCUT2D eigenvalue weighted by Crippen LogP contribution is 2.44. The summed E-state index contributed by atoms with van der Waals surface area (Å²) in [5.74, 6) is -4.77. The van der Waals surface area contributed by atoms with Crippen LogP contribution < -0.4 is 5.32 Å². The van der Waals surface area contributed by atoms with E-state index in [1.807, 2.05) is 48.5 Å². The van der Waals surface area contributed by atoms with E-state index < -0.39 is 85.4 Å². The molecule has 1 aliphatic carbocycles. The van der Waals surface area contributed by atoms with Crippen molar-refractivity contribution in [1.29, 1.82) is 0 Å². The fourth-order valence-corrected chi connectivity index (χ4v) is 8.88. The minimum Gasteiger partial charge on any atom is -0.459 e. The zero-order valence-electron chi connectivity index (χ0n) is 40.5. The number of nitrogens with one attached hydrogen (secondary N) is 1. The van der Waals surface area contributed by atoms with Crippen LogP contribution in [0, 0.1) is 0 Å². The first-order valence-electron chi connectivity index (χ1n) is 24.2. The van der Waals surface area contributed by atoms with Gasteiger partial charge < -0.3 is 43.2 Å². The van der Waals surface area contributed by atoms with Crippen LogP contribution in [0.4, 0.5) is 4.79 Å². The van der Waals surface area contributed by atoms with Crippen LogP contribution in [0.15, 0.2) is 200 Å². The second kappa shape index (κ2) is 24.2. The number of fused-ring (bicyclic) bond motifs is 3. The summed E-state index contributed by atoms with van der Waals surface area (Å²) in [6, 6.07) is 54.7. The highest BCUT2D eigenvalue weighted by molar-refractivity contribution is 5.92. The summed E-state index contributed by atoms with van der Waals surface area (Å²) in [5.41, 5.74) is 5.05. The molecule has 1 fully saturated rings. The fraction of sp³-hybridized carbons (Fsp3) is 0.200. The monoisotopic (exact) mass is 1010 g/mol. The maximum atomic E-state index is 14.3. The maximum absolute atomic E-state index is 14.3. The summed E-state index contributed by atoms with van der Waals surface area (Å²) in [4.78, 5) is 84.3. The van der Waals surface area contributed by atoms with Crippen molar-refractivity contribution < 1.29 is 66.7 Å². The van der Waals surface area contributed by atoms with Gasteiger partial charge >= 0.3 is 35.9 Å². The van der Waals surface area contributed by atoms with Gasteiger partial charge in [-0.2, -0.15) is 0 Å². The van der Waals surface area contributed by atoms with Crippen LogP contribution in [-0.2, 0) is 49.3 Å². The minimum absolute atomic E-state index is 0.0773. The zero-order chi connectivity index (χ0) is 52.1. The largest absolute Gasteiger partial charge is 0.459 e. The first-order valence-corrected chi connectivity index (χ1v) is 24.2. The van der Waals surface area contributed by atoms with Crippen LogP contribution in [0.25, 0.3) is 11.1 Å². The SMILES string of the molecule is C[C@@H](O[C@@H]1O[C@H](COC(=O)c2ccccc2)[C@@H](OC(=O)c2ccccc2)[C@H](OC(=O)c2ccccc2)[C@H]1OC(=O)c1ccccc1)[C@H](NC(=O)OCC1c2ccccc2-c2ccccc21)C(=O)OCc1ccccc1. The summed E-state index contributed by atoms with van der Waals surface area (Å²) < 4.78 is 49.1. The van der Waals surface area contributed by atoms with Crippen molar-refractivity contribution in [3.8, 4) is 11.1 Å². The smallest absolute Gasteiger partial charge is 0.407 e. The third kappa shape index (κ3) is 12.5. The number of alkyl carbamates (subject to hydrolysis) is 1. The molecule has 15 heteroatoms. The Bertz CT molecular complexity index is 3040. The highest BCUT2D eigenvalue weighted by Gasteiger charge is 2.54. The van der Waals surface area contributed by atoms with E-state index in [4.69, 9.17) is 37.9 Å². The first-order chi connectivity index (χ1) is 36.6. The van der Waals surface area contributed by atoms with Gasteiger partial charge in [0.1, 0.15) is 25.9 Å². The Kier molecular flexibility index (Phi) is 16.5. The lowest BCUT2D eigenvalue weighted by molar-refractivity contribution is -0.308. The van der Waals surface area contributed by atoms with Gasteiger partial charge in [0.2, 0.25) is 0 Å². The summed E-state index contributed by atoms with van der Waals surface area (Å²) in [6.45, 7) is 0.529. The number of benzene rings is 7. The zero-order valence-corrected chi connectivity index (χ0v) is 40.5. The molecule has 2 aliphatic rings. The summed E-state index contributed by atoms with van der Waals surface area (Å²) in [7, 11) is 0. The lowest BCUT2D eigenvalue weighted by Crippen LogP contribution is -2.64. The van der Waals surface area contributed by atoms with Gasteiger partial charge in [-0.25, -0.2) is 28.8 Å². The van der Waals surface area contributed by atoms with Crippen LogP contribution in [-0.4, -0.2) is 92.0 Å². The maximum Gasteiger partial charge on any atom is 0.407 e.